The minimum Gasteiger partial charge on any atom is -0.444 e. The Kier molecular flexibility index (Phi) is 7.76. The van der Waals surface area contributed by atoms with Crippen LogP contribution in [0.2, 0.25) is 5.02 Å². The average Bonchev–Trinajstić information content (AvgIpc) is 2.95. The van der Waals surface area contributed by atoms with E-state index in [4.69, 9.17) is 22.1 Å². The van der Waals surface area contributed by atoms with Crippen LogP contribution in [0.25, 0.3) is 0 Å². The topological polar surface area (TPSA) is 84.7 Å². The van der Waals surface area contributed by atoms with Gasteiger partial charge in [0.2, 0.25) is 5.91 Å². The van der Waals surface area contributed by atoms with E-state index in [1.54, 1.807) is 0 Å². The maximum atomic E-state index is 13.7. The largest absolute Gasteiger partial charge is 0.444 e. The lowest BCUT2D eigenvalue weighted by molar-refractivity contribution is -0.129. The van der Waals surface area contributed by atoms with E-state index in [1.165, 1.54) is 0 Å². The molecule has 6 nitrogen and oxygen atoms in total. The minimum atomic E-state index is -0.899. The molecule has 1 unspecified atom stereocenters. The summed E-state index contributed by atoms with van der Waals surface area (Å²) in [5.41, 5.74) is 6.37. The van der Waals surface area contributed by atoms with E-state index in [-0.39, 0.29) is 11.9 Å². The summed E-state index contributed by atoms with van der Waals surface area (Å²) in [5.74, 6) is -0.0584. The number of benzene rings is 2. The van der Waals surface area contributed by atoms with Crippen LogP contribution in [0.1, 0.15) is 51.7 Å². The van der Waals surface area contributed by atoms with Gasteiger partial charge in [0.05, 0.1) is 0 Å². The average molecular weight is 537 g/mol. The fraction of sp³-hybridized carbons (Fsp3) is 0.440. The standard InChI is InChI=1S/C25H31BrClN3O3/c1-16(2)30(12-6-11-24(3,4)33-23(28)32)25(15-17-7-5-8-19(27)13-17)20-10-9-18(26)14-21(20)29-22(25)31/h5,7-10,13-14,16H,6,11-12,15H2,1-4H3,(H2,28,32)(H,29,31). The molecule has 0 fully saturated rings. The van der Waals surface area contributed by atoms with E-state index in [2.05, 4.69) is 40.0 Å². The van der Waals surface area contributed by atoms with Gasteiger partial charge in [-0.1, -0.05) is 45.7 Å². The number of primary amides is 1. The molecule has 0 spiro atoms. The number of hydrogen-bond acceptors (Lipinski definition) is 4. The van der Waals surface area contributed by atoms with Crippen molar-refractivity contribution in [2.45, 2.75) is 64.1 Å². The summed E-state index contributed by atoms with van der Waals surface area (Å²) in [6.45, 7) is 8.50. The number of hydrogen-bond donors (Lipinski definition) is 2. The molecule has 2 aromatic rings. The van der Waals surface area contributed by atoms with Gasteiger partial charge in [-0.2, -0.15) is 0 Å². The van der Waals surface area contributed by atoms with Gasteiger partial charge in [0.25, 0.3) is 0 Å². The third-order valence-electron chi connectivity index (χ3n) is 6.07. The smallest absolute Gasteiger partial charge is 0.405 e. The monoisotopic (exact) mass is 535 g/mol. The van der Waals surface area contributed by atoms with Crippen molar-refractivity contribution in [1.82, 2.24) is 4.90 Å². The number of carbonyl (C=O) groups is 2. The van der Waals surface area contributed by atoms with E-state index in [1.807, 2.05) is 56.3 Å². The van der Waals surface area contributed by atoms with Crippen molar-refractivity contribution in [1.29, 1.82) is 0 Å². The number of anilines is 1. The summed E-state index contributed by atoms with van der Waals surface area (Å²) >= 11 is 9.79. The highest BCUT2D eigenvalue weighted by molar-refractivity contribution is 9.10. The van der Waals surface area contributed by atoms with Crippen LogP contribution >= 0.6 is 27.5 Å². The number of fused-ring (bicyclic) bond motifs is 1. The quantitative estimate of drug-likeness (QED) is 0.421. The molecule has 33 heavy (non-hydrogen) atoms. The molecule has 0 saturated heterocycles. The third kappa shape index (κ3) is 5.70. The highest BCUT2D eigenvalue weighted by Gasteiger charge is 2.52. The Morgan fingerprint density at radius 2 is 2.00 bits per heavy atom. The van der Waals surface area contributed by atoms with Crippen LogP contribution in [0.3, 0.4) is 0 Å². The number of amides is 2. The minimum absolute atomic E-state index is 0.0584. The lowest BCUT2D eigenvalue weighted by atomic mass is 9.81. The highest BCUT2D eigenvalue weighted by atomic mass is 79.9. The lowest BCUT2D eigenvalue weighted by Crippen LogP contribution is -2.55. The van der Waals surface area contributed by atoms with Crippen molar-refractivity contribution in [3.05, 3.63) is 63.1 Å². The second-order valence-corrected chi connectivity index (χ2v) is 10.7. The van der Waals surface area contributed by atoms with Crippen molar-refractivity contribution >= 4 is 45.2 Å². The highest BCUT2D eigenvalue weighted by Crippen LogP contribution is 2.45. The molecule has 2 aromatic carbocycles. The fourth-order valence-corrected chi connectivity index (χ4v) is 5.30. The number of carbonyl (C=O) groups excluding carboxylic acids is 2. The molecule has 1 heterocycles. The molecule has 0 aliphatic carbocycles. The maximum Gasteiger partial charge on any atom is 0.405 e. The second-order valence-electron chi connectivity index (χ2n) is 9.38. The molecule has 8 heteroatoms. The summed E-state index contributed by atoms with van der Waals surface area (Å²) < 4.78 is 6.16. The van der Waals surface area contributed by atoms with Gasteiger partial charge in [-0.25, -0.2) is 4.79 Å². The Morgan fingerprint density at radius 1 is 1.27 bits per heavy atom. The van der Waals surface area contributed by atoms with Crippen molar-refractivity contribution in [3.63, 3.8) is 0 Å². The molecule has 0 saturated carbocycles. The second kappa shape index (κ2) is 10.0. The summed E-state index contributed by atoms with van der Waals surface area (Å²) in [7, 11) is 0. The van der Waals surface area contributed by atoms with Gasteiger partial charge in [0.1, 0.15) is 11.1 Å². The van der Waals surface area contributed by atoms with E-state index in [0.717, 1.165) is 27.7 Å². The Bertz CT molecular complexity index is 1040. The number of ether oxygens (including phenoxy) is 1. The fourth-order valence-electron chi connectivity index (χ4n) is 4.72. The van der Waals surface area contributed by atoms with Crippen LogP contribution in [0, 0.1) is 0 Å². The molecule has 1 aliphatic rings. The molecular weight excluding hydrogens is 506 g/mol. The molecule has 178 valence electrons. The van der Waals surface area contributed by atoms with Crippen molar-refractivity contribution < 1.29 is 14.3 Å². The van der Waals surface area contributed by atoms with Crippen LogP contribution in [0.15, 0.2) is 46.9 Å². The Morgan fingerprint density at radius 3 is 2.64 bits per heavy atom. The van der Waals surface area contributed by atoms with E-state index in [0.29, 0.717) is 24.4 Å². The normalized spacial score (nSPS) is 17.9. The summed E-state index contributed by atoms with van der Waals surface area (Å²) in [4.78, 5) is 27.2. The van der Waals surface area contributed by atoms with Crippen molar-refractivity contribution in [3.8, 4) is 0 Å². The zero-order valence-electron chi connectivity index (χ0n) is 19.5. The number of halogens is 2. The van der Waals surface area contributed by atoms with Crippen molar-refractivity contribution in [2.75, 3.05) is 11.9 Å². The zero-order chi connectivity index (χ0) is 24.4. The molecule has 0 aromatic heterocycles. The first-order valence-corrected chi connectivity index (χ1v) is 12.2. The molecule has 3 rings (SSSR count). The Balaban J connectivity index is 2.00. The third-order valence-corrected chi connectivity index (χ3v) is 6.80. The Hall–Kier alpha value is -2.09. The first kappa shape index (κ1) is 25.5. The van der Waals surface area contributed by atoms with Gasteiger partial charge in [0.15, 0.2) is 0 Å². The molecule has 3 N–H and O–H groups in total. The first-order chi connectivity index (χ1) is 15.4. The molecule has 2 amide bonds. The molecule has 0 bridgehead atoms. The van der Waals surface area contributed by atoms with Crippen LogP contribution in [0.5, 0.6) is 0 Å². The lowest BCUT2D eigenvalue weighted by Gasteiger charge is -2.43. The predicted molar refractivity (Wildman–Crippen MR) is 135 cm³/mol. The van der Waals surface area contributed by atoms with Gasteiger partial charge >= 0.3 is 6.09 Å². The van der Waals surface area contributed by atoms with Gasteiger partial charge in [-0.3, -0.25) is 9.69 Å². The zero-order valence-corrected chi connectivity index (χ0v) is 21.8. The predicted octanol–water partition coefficient (Wildman–Crippen LogP) is 5.86. The van der Waals surface area contributed by atoms with Gasteiger partial charge in [-0.15, -0.1) is 0 Å². The van der Waals surface area contributed by atoms with Crippen LogP contribution in [-0.2, 0) is 21.5 Å². The van der Waals surface area contributed by atoms with Crippen LogP contribution in [0.4, 0.5) is 10.5 Å². The molecule has 1 aliphatic heterocycles. The van der Waals surface area contributed by atoms with Crippen LogP contribution in [-0.4, -0.2) is 35.1 Å². The van der Waals surface area contributed by atoms with Crippen molar-refractivity contribution in [2.24, 2.45) is 5.73 Å². The van der Waals surface area contributed by atoms with E-state index >= 15 is 0 Å². The van der Waals surface area contributed by atoms with E-state index < -0.39 is 17.2 Å². The molecule has 1 atom stereocenters. The first-order valence-electron chi connectivity index (χ1n) is 11.1. The summed E-state index contributed by atoms with van der Waals surface area (Å²) in [6.07, 6.45) is 1.02. The van der Waals surface area contributed by atoms with Crippen LogP contribution < -0.4 is 11.1 Å². The van der Waals surface area contributed by atoms with E-state index in [9.17, 15) is 9.59 Å². The van der Waals surface area contributed by atoms with Gasteiger partial charge in [0, 0.05) is 33.2 Å². The maximum absolute atomic E-state index is 13.7. The number of nitrogens with zero attached hydrogens (tertiary/aromatic N) is 1. The molecular formula is C25H31BrClN3O3. The summed E-state index contributed by atoms with van der Waals surface area (Å²) in [6, 6.07) is 13.6. The number of nitrogens with two attached hydrogens (primary N) is 1. The number of nitrogens with one attached hydrogen (secondary N) is 1. The SMILES string of the molecule is CC(C)N(CCCC(C)(C)OC(N)=O)C1(Cc2cccc(Cl)c2)C(=O)Nc2cc(Br)ccc21. The Labute approximate surface area is 208 Å². The van der Waals surface area contributed by atoms with Gasteiger partial charge < -0.3 is 15.8 Å². The number of rotatable bonds is 9. The molecule has 0 radical (unpaired) electrons. The van der Waals surface area contributed by atoms with Gasteiger partial charge in [-0.05, 0) is 76.9 Å². The summed E-state index contributed by atoms with van der Waals surface area (Å²) in [5, 5.41) is 3.74.